The summed E-state index contributed by atoms with van der Waals surface area (Å²) in [5, 5.41) is 0.621. The minimum absolute atomic E-state index is 0.0545. The average molecular weight is 608 g/mol. The lowest BCUT2D eigenvalue weighted by Gasteiger charge is -2.12. The summed E-state index contributed by atoms with van der Waals surface area (Å²) in [5.41, 5.74) is 2.68. The van der Waals surface area contributed by atoms with Crippen LogP contribution >= 0.6 is 45.8 Å². The largest absolute Gasteiger partial charge is 0.493 e. The molecule has 0 atom stereocenters. The minimum atomic E-state index is -0.621. The lowest BCUT2D eigenvalue weighted by molar-refractivity contribution is -0.129. The van der Waals surface area contributed by atoms with Crippen molar-refractivity contribution in [1.82, 2.24) is 0 Å². The molecule has 6 nitrogen and oxygen atoms in total. The molecule has 0 spiro atoms. The third-order valence-corrected chi connectivity index (χ3v) is 6.60. The summed E-state index contributed by atoms with van der Waals surface area (Å²) >= 11 is 14.5. The zero-order chi connectivity index (χ0) is 24.4. The van der Waals surface area contributed by atoms with Crippen LogP contribution in [0.25, 0.3) is 6.08 Å². The maximum absolute atomic E-state index is 12.5. The molecule has 0 radical (unpaired) electrons. The minimum Gasteiger partial charge on any atom is -0.493 e. The van der Waals surface area contributed by atoms with E-state index in [-0.39, 0.29) is 28.1 Å². The lowest BCUT2D eigenvalue weighted by atomic mass is 10.1. The van der Waals surface area contributed by atoms with Crippen LogP contribution in [-0.2, 0) is 9.53 Å². The SMILES string of the molecule is COc1cc(/C=C2\N=C(c3ccc(I)c(C)c3)OC2=O)cc(Cl)c1OC(=O)c1ccc(Cl)cc1. The molecule has 1 aliphatic rings. The Morgan fingerprint density at radius 3 is 2.50 bits per heavy atom. The van der Waals surface area contributed by atoms with E-state index in [2.05, 4.69) is 27.6 Å². The number of hydrogen-bond acceptors (Lipinski definition) is 6. The van der Waals surface area contributed by atoms with E-state index in [0.717, 1.165) is 9.13 Å². The maximum Gasteiger partial charge on any atom is 0.363 e. The number of halogens is 3. The number of esters is 2. The summed E-state index contributed by atoms with van der Waals surface area (Å²) in [6, 6.07) is 15.0. The van der Waals surface area contributed by atoms with Gasteiger partial charge in [0.15, 0.2) is 17.2 Å². The van der Waals surface area contributed by atoms with Gasteiger partial charge in [0.1, 0.15) is 0 Å². The number of methoxy groups -OCH3 is 1. The number of carbonyl (C=O) groups excluding carboxylic acids is 2. The fraction of sp³-hybridized carbons (Fsp3) is 0.0800. The molecule has 3 aromatic rings. The number of nitrogens with zero attached hydrogens (tertiary/aromatic N) is 1. The van der Waals surface area contributed by atoms with Crippen LogP contribution < -0.4 is 9.47 Å². The van der Waals surface area contributed by atoms with Gasteiger partial charge in [-0.05, 0) is 101 Å². The monoisotopic (exact) mass is 607 g/mol. The van der Waals surface area contributed by atoms with Crippen molar-refractivity contribution < 1.29 is 23.8 Å². The quantitative estimate of drug-likeness (QED) is 0.144. The highest BCUT2D eigenvalue weighted by molar-refractivity contribution is 14.1. The van der Waals surface area contributed by atoms with Crippen molar-refractivity contribution in [2.45, 2.75) is 6.92 Å². The molecule has 1 aliphatic heterocycles. The molecule has 172 valence electrons. The molecule has 0 fully saturated rings. The number of cyclic esters (lactones) is 1. The number of aryl methyl sites for hydroxylation is 1. The van der Waals surface area contributed by atoms with Crippen molar-refractivity contribution in [3.05, 3.63) is 96.2 Å². The summed E-state index contributed by atoms with van der Waals surface area (Å²) in [6.45, 7) is 1.97. The highest BCUT2D eigenvalue weighted by Gasteiger charge is 2.25. The summed E-state index contributed by atoms with van der Waals surface area (Å²) in [6.07, 6.45) is 1.52. The Kier molecular flexibility index (Phi) is 7.25. The third kappa shape index (κ3) is 5.27. The van der Waals surface area contributed by atoms with Crippen LogP contribution in [0.5, 0.6) is 11.5 Å². The predicted molar refractivity (Wildman–Crippen MR) is 139 cm³/mol. The fourth-order valence-corrected chi connectivity index (χ4v) is 3.85. The zero-order valence-corrected chi connectivity index (χ0v) is 21.6. The van der Waals surface area contributed by atoms with Gasteiger partial charge in [0.2, 0.25) is 5.90 Å². The van der Waals surface area contributed by atoms with Crippen LogP contribution in [0.15, 0.2) is 65.3 Å². The highest BCUT2D eigenvalue weighted by Crippen LogP contribution is 2.38. The van der Waals surface area contributed by atoms with E-state index in [1.54, 1.807) is 30.3 Å². The molecule has 0 saturated carbocycles. The van der Waals surface area contributed by atoms with Crippen molar-refractivity contribution >= 4 is 69.7 Å². The van der Waals surface area contributed by atoms with Gasteiger partial charge in [0.05, 0.1) is 17.7 Å². The molecule has 0 aromatic heterocycles. The summed E-state index contributed by atoms with van der Waals surface area (Å²) in [4.78, 5) is 29.2. The summed E-state index contributed by atoms with van der Waals surface area (Å²) in [5.74, 6) is -0.712. The van der Waals surface area contributed by atoms with Crippen molar-refractivity contribution in [2.24, 2.45) is 4.99 Å². The highest BCUT2D eigenvalue weighted by atomic mass is 127. The molecule has 4 rings (SSSR count). The van der Waals surface area contributed by atoms with Crippen LogP contribution in [-0.4, -0.2) is 24.9 Å². The van der Waals surface area contributed by atoms with Crippen molar-refractivity contribution in [3.63, 3.8) is 0 Å². The smallest absolute Gasteiger partial charge is 0.363 e. The van der Waals surface area contributed by atoms with Gasteiger partial charge in [-0.15, -0.1) is 0 Å². The first-order valence-corrected chi connectivity index (χ1v) is 11.7. The van der Waals surface area contributed by atoms with E-state index in [4.69, 9.17) is 37.4 Å². The van der Waals surface area contributed by atoms with Gasteiger partial charge in [-0.25, -0.2) is 14.6 Å². The Labute approximate surface area is 219 Å². The number of rotatable bonds is 5. The fourth-order valence-electron chi connectivity index (χ4n) is 3.13. The van der Waals surface area contributed by atoms with E-state index in [0.29, 0.717) is 21.7 Å². The standard InChI is InChI=1S/C25H16Cl2INO5/c1-13-9-16(5-8-19(13)28)23-29-20(25(31)34-23)11-14-10-18(27)22(21(12-14)32-2)33-24(30)15-3-6-17(26)7-4-15/h3-12H,1-2H3/b20-11-. The molecule has 0 bridgehead atoms. The first-order valence-electron chi connectivity index (χ1n) is 9.89. The number of ether oxygens (including phenoxy) is 3. The van der Waals surface area contributed by atoms with E-state index in [9.17, 15) is 9.59 Å². The van der Waals surface area contributed by atoms with Crippen LogP contribution in [0.4, 0.5) is 0 Å². The third-order valence-electron chi connectivity index (χ3n) is 4.86. The van der Waals surface area contributed by atoms with Crippen LogP contribution in [0.3, 0.4) is 0 Å². The van der Waals surface area contributed by atoms with Gasteiger partial charge in [-0.3, -0.25) is 0 Å². The molecule has 0 aliphatic carbocycles. The second kappa shape index (κ2) is 10.2. The molecular weight excluding hydrogens is 592 g/mol. The van der Waals surface area contributed by atoms with Gasteiger partial charge in [0.25, 0.3) is 0 Å². The lowest BCUT2D eigenvalue weighted by Crippen LogP contribution is -2.09. The zero-order valence-electron chi connectivity index (χ0n) is 17.9. The van der Waals surface area contributed by atoms with E-state index >= 15 is 0 Å². The molecule has 9 heteroatoms. The van der Waals surface area contributed by atoms with Gasteiger partial charge in [-0.2, -0.15) is 0 Å². The molecule has 0 saturated heterocycles. The Hall–Kier alpha value is -2.88. The summed E-state index contributed by atoms with van der Waals surface area (Å²) < 4.78 is 17.3. The molecule has 3 aromatic carbocycles. The van der Waals surface area contributed by atoms with Gasteiger partial charge in [-0.1, -0.05) is 23.2 Å². The first kappa shape index (κ1) is 24.3. The van der Waals surface area contributed by atoms with E-state index < -0.39 is 11.9 Å². The van der Waals surface area contributed by atoms with Crippen molar-refractivity contribution in [2.75, 3.05) is 7.11 Å². The number of carbonyl (C=O) groups is 2. The Morgan fingerprint density at radius 2 is 1.82 bits per heavy atom. The average Bonchev–Trinajstić information content (AvgIpc) is 3.17. The number of hydrogen-bond donors (Lipinski definition) is 0. The van der Waals surface area contributed by atoms with Crippen LogP contribution in [0.1, 0.15) is 27.0 Å². The van der Waals surface area contributed by atoms with Crippen molar-refractivity contribution in [3.8, 4) is 11.5 Å². The van der Waals surface area contributed by atoms with Crippen LogP contribution in [0.2, 0.25) is 10.0 Å². The van der Waals surface area contributed by atoms with Gasteiger partial charge in [0, 0.05) is 14.2 Å². The topological polar surface area (TPSA) is 74.2 Å². The Bertz CT molecular complexity index is 1370. The second-order valence-electron chi connectivity index (χ2n) is 7.23. The second-order valence-corrected chi connectivity index (χ2v) is 9.24. The molecule has 34 heavy (non-hydrogen) atoms. The van der Waals surface area contributed by atoms with Gasteiger partial charge < -0.3 is 14.2 Å². The number of aliphatic imine (C=N–C) groups is 1. The number of benzene rings is 3. The van der Waals surface area contributed by atoms with Crippen LogP contribution in [0, 0.1) is 10.5 Å². The molecule has 1 heterocycles. The van der Waals surface area contributed by atoms with E-state index in [1.165, 1.54) is 19.3 Å². The maximum atomic E-state index is 12.5. The van der Waals surface area contributed by atoms with E-state index in [1.807, 2.05) is 25.1 Å². The Morgan fingerprint density at radius 1 is 1.09 bits per heavy atom. The van der Waals surface area contributed by atoms with Gasteiger partial charge >= 0.3 is 11.9 Å². The molecule has 0 amide bonds. The summed E-state index contributed by atoms with van der Waals surface area (Å²) in [7, 11) is 1.42. The normalized spacial score (nSPS) is 14.1. The molecule has 0 unspecified atom stereocenters. The first-order chi connectivity index (χ1) is 16.2. The van der Waals surface area contributed by atoms with Crippen molar-refractivity contribution in [1.29, 1.82) is 0 Å². The molecule has 0 N–H and O–H groups in total. The Balaban J connectivity index is 1.62. The molecular formula is C25H16Cl2INO5. The predicted octanol–water partition coefficient (Wildman–Crippen LogP) is 6.48.